The van der Waals surface area contributed by atoms with Crippen molar-refractivity contribution in [1.82, 2.24) is 5.32 Å². The molecule has 4 rings (SSSR count). The third-order valence-electron chi connectivity index (χ3n) is 5.05. The van der Waals surface area contributed by atoms with Gasteiger partial charge in [0, 0.05) is 29.7 Å². The summed E-state index contributed by atoms with van der Waals surface area (Å²) in [4.78, 5) is 23.9. The maximum absolute atomic E-state index is 12.9. The van der Waals surface area contributed by atoms with Crippen molar-refractivity contribution >= 4 is 46.1 Å². The molecule has 0 aliphatic carbocycles. The van der Waals surface area contributed by atoms with Gasteiger partial charge in [-0.3, -0.25) is 9.59 Å². The Labute approximate surface area is 186 Å². The van der Waals surface area contributed by atoms with Gasteiger partial charge in [0.15, 0.2) is 0 Å². The van der Waals surface area contributed by atoms with Crippen LogP contribution in [0.1, 0.15) is 23.6 Å². The molecule has 0 saturated heterocycles. The van der Waals surface area contributed by atoms with Gasteiger partial charge < -0.3 is 16.0 Å². The van der Waals surface area contributed by atoms with E-state index in [0.29, 0.717) is 22.8 Å². The first-order valence-corrected chi connectivity index (χ1v) is 10.4. The summed E-state index contributed by atoms with van der Waals surface area (Å²) in [6, 6.07) is 23.2. The second-order valence-electron chi connectivity index (χ2n) is 7.31. The van der Waals surface area contributed by atoms with E-state index in [2.05, 4.69) is 16.0 Å². The normalized spacial score (nSPS) is 13.9. The minimum Gasteiger partial charge on any atom is -0.356 e. The molecule has 0 unspecified atom stereocenters. The van der Waals surface area contributed by atoms with E-state index in [1.165, 1.54) is 6.92 Å². The van der Waals surface area contributed by atoms with Gasteiger partial charge in [0.1, 0.15) is 0 Å². The number of hydrogen-bond donors (Lipinski definition) is 3. The van der Waals surface area contributed by atoms with Gasteiger partial charge in [-0.25, -0.2) is 0 Å². The fraction of sp³-hybridized carbons (Fsp3) is 0.120. The van der Waals surface area contributed by atoms with Crippen molar-refractivity contribution in [3.8, 4) is 0 Å². The van der Waals surface area contributed by atoms with E-state index in [1.54, 1.807) is 12.1 Å². The Morgan fingerprint density at radius 1 is 1.00 bits per heavy atom. The molecule has 3 aromatic carbocycles. The highest BCUT2D eigenvalue weighted by molar-refractivity contribution is 6.38. The summed E-state index contributed by atoms with van der Waals surface area (Å²) in [6.45, 7) is 2.11. The SMILES string of the molecule is CC(=O)NCCc1ccc(N/C(=C2\C(=O)Nc3cc(Cl)ccc32)c2ccccc2)cc1. The van der Waals surface area contributed by atoms with Gasteiger partial charge in [-0.05, 0) is 41.8 Å². The van der Waals surface area contributed by atoms with Gasteiger partial charge in [0.25, 0.3) is 5.91 Å². The lowest BCUT2D eigenvalue weighted by molar-refractivity contribution is -0.119. The standard InChI is InChI=1S/C25H22ClN3O2/c1-16(30)27-14-13-17-7-10-20(11-8-17)28-24(18-5-3-2-4-6-18)23-21-12-9-19(26)15-22(21)29-25(23)31/h2-12,15,28H,13-14H2,1H3,(H,27,30)(H,29,31)/b24-23-. The maximum atomic E-state index is 12.9. The zero-order valence-corrected chi connectivity index (χ0v) is 17.8. The molecule has 3 N–H and O–H groups in total. The van der Waals surface area contributed by atoms with Gasteiger partial charge in [-0.2, -0.15) is 0 Å². The summed E-state index contributed by atoms with van der Waals surface area (Å²) in [5, 5.41) is 9.73. The molecule has 2 amide bonds. The summed E-state index contributed by atoms with van der Waals surface area (Å²) in [6.07, 6.45) is 0.753. The lowest BCUT2D eigenvalue weighted by Crippen LogP contribution is -2.22. The van der Waals surface area contributed by atoms with Crippen LogP contribution in [0.15, 0.2) is 72.8 Å². The largest absolute Gasteiger partial charge is 0.356 e. The molecular weight excluding hydrogens is 410 g/mol. The summed E-state index contributed by atoms with van der Waals surface area (Å²) < 4.78 is 0. The average Bonchev–Trinajstić information content (AvgIpc) is 3.08. The molecule has 0 fully saturated rings. The molecule has 0 spiro atoms. The lowest BCUT2D eigenvalue weighted by atomic mass is 10.00. The van der Waals surface area contributed by atoms with E-state index in [4.69, 9.17) is 11.6 Å². The van der Waals surface area contributed by atoms with Gasteiger partial charge >= 0.3 is 0 Å². The van der Waals surface area contributed by atoms with Crippen LogP contribution in [0.3, 0.4) is 0 Å². The quantitative estimate of drug-likeness (QED) is 0.483. The van der Waals surface area contributed by atoms with E-state index in [0.717, 1.165) is 34.5 Å². The number of rotatable bonds is 6. The molecule has 0 atom stereocenters. The second-order valence-corrected chi connectivity index (χ2v) is 7.75. The highest BCUT2D eigenvalue weighted by atomic mass is 35.5. The lowest BCUT2D eigenvalue weighted by Gasteiger charge is -2.15. The number of amides is 2. The van der Waals surface area contributed by atoms with Crippen LogP contribution >= 0.6 is 11.6 Å². The third-order valence-corrected chi connectivity index (χ3v) is 5.28. The molecule has 31 heavy (non-hydrogen) atoms. The topological polar surface area (TPSA) is 70.2 Å². The zero-order chi connectivity index (χ0) is 21.8. The Balaban J connectivity index is 1.68. The first-order chi connectivity index (χ1) is 15.0. The number of benzene rings is 3. The smallest absolute Gasteiger partial charge is 0.258 e. The molecule has 1 aliphatic heterocycles. The predicted octanol–water partition coefficient (Wildman–Crippen LogP) is 4.95. The minimum absolute atomic E-state index is 0.0335. The summed E-state index contributed by atoms with van der Waals surface area (Å²) in [7, 11) is 0. The van der Waals surface area contributed by atoms with Crippen molar-refractivity contribution in [1.29, 1.82) is 0 Å². The monoisotopic (exact) mass is 431 g/mol. The third kappa shape index (κ3) is 4.78. The van der Waals surface area contributed by atoms with Crippen LogP contribution in [0.25, 0.3) is 11.3 Å². The van der Waals surface area contributed by atoms with E-state index < -0.39 is 0 Å². The highest BCUT2D eigenvalue weighted by Crippen LogP contribution is 2.38. The molecule has 0 bridgehead atoms. The van der Waals surface area contributed by atoms with E-state index in [9.17, 15) is 9.59 Å². The Morgan fingerprint density at radius 3 is 2.45 bits per heavy atom. The molecule has 0 radical (unpaired) electrons. The van der Waals surface area contributed by atoms with Gasteiger partial charge in [0.05, 0.1) is 17.0 Å². The van der Waals surface area contributed by atoms with Crippen molar-refractivity contribution in [3.05, 3.63) is 94.5 Å². The summed E-state index contributed by atoms with van der Waals surface area (Å²) in [5.74, 6) is -0.204. The Hall–Kier alpha value is -3.57. The second kappa shape index (κ2) is 9.06. The Kier molecular flexibility index (Phi) is 6.05. The minimum atomic E-state index is -0.171. The molecule has 1 aliphatic rings. The van der Waals surface area contributed by atoms with Gasteiger partial charge in [0.2, 0.25) is 5.91 Å². The number of anilines is 2. The Morgan fingerprint density at radius 2 is 1.74 bits per heavy atom. The van der Waals surface area contributed by atoms with Crippen LogP contribution in [-0.2, 0) is 16.0 Å². The number of fused-ring (bicyclic) bond motifs is 1. The van der Waals surface area contributed by atoms with Crippen molar-refractivity contribution in [2.75, 3.05) is 17.2 Å². The fourth-order valence-electron chi connectivity index (χ4n) is 3.56. The van der Waals surface area contributed by atoms with E-state index in [-0.39, 0.29) is 11.8 Å². The number of halogens is 1. The Bertz CT molecular complexity index is 1160. The molecule has 0 aromatic heterocycles. The number of carbonyl (C=O) groups excluding carboxylic acids is 2. The highest BCUT2D eigenvalue weighted by Gasteiger charge is 2.28. The van der Waals surface area contributed by atoms with Gasteiger partial charge in [-0.15, -0.1) is 0 Å². The van der Waals surface area contributed by atoms with E-state index in [1.807, 2.05) is 60.7 Å². The molecule has 3 aromatic rings. The van der Waals surface area contributed by atoms with Crippen molar-refractivity contribution in [2.45, 2.75) is 13.3 Å². The van der Waals surface area contributed by atoms with Crippen LogP contribution < -0.4 is 16.0 Å². The summed E-state index contributed by atoms with van der Waals surface area (Å²) >= 11 is 6.11. The number of hydrogen-bond acceptors (Lipinski definition) is 3. The molecule has 5 nitrogen and oxygen atoms in total. The molecule has 0 saturated carbocycles. The van der Waals surface area contributed by atoms with E-state index >= 15 is 0 Å². The average molecular weight is 432 g/mol. The van der Waals surface area contributed by atoms with Crippen LogP contribution in [-0.4, -0.2) is 18.4 Å². The van der Waals surface area contributed by atoms with Gasteiger partial charge in [-0.1, -0.05) is 60.1 Å². The van der Waals surface area contributed by atoms with Crippen LogP contribution in [0.4, 0.5) is 11.4 Å². The predicted molar refractivity (Wildman–Crippen MR) is 126 cm³/mol. The van der Waals surface area contributed by atoms with Crippen molar-refractivity contribution in [2.24, 2.45) is 0 Å². The number of carbonyl (C=O) groups is 2. The zero-order valence-electron chi connectivity index (χ0n) is 17.0. The van der Waals surface area contributed by atoms with Crippen LogP contribution in [0.5, 0.6) is 0 Å². The fourth-order valence-corrected chi connectivity index (χ4v) is 3.73. The number of nitrogens with one attached hydrogen (secondary N) is 3. The first-order valence-electron chi connectivity index (χ1n) is 10.0. The van der Waals surface area contributed by atoms with Crippen molar-refractivity contribution < 1.29 is 9.59 Å². The first kappa shape index (κ1) is 20.7. The van der Waals surface area contributed by atoms with Crippen LogP contribution in [0, 0.1) is 0 Å². The molecular formula is C25H22ClN3O2. The molecule has 1 heterocycles. The molecule has 6 heteroatoms. The maximum Gasteiger partial charge on any atom is 0.258 e. The molecule has 156 valence electrons. The van der Waals surface area contributed by atoms with Crippen LogP contribution in [0.2, 0.25) is 5.02 Å². The van der Waals surface area contributed by atoms with Crippen molar-refractivity contribution in [3.63, 3.8) is 0 Å². The summed E-state index contributed by atoms with van der Waals surface area (Å²) in [5.41, 5.74) is 5.71.